The first kappa shape index (κ1) is 31.0. The Morgan fingerprint density at radius 1 is 1.14 bits per heavy atom. The minimum Gasteiger partial charge on any atom is -0.475 e. The fourth-order valence-corrected chi connectivity index (χ4v) is 4.88. The van der Waals surface area contributed by atoms with Gasteiger partial charge in [0.05, 0.1) is 27.7 Å². The zero-order valence-corrected chi connectivity index (χ0v) is 23.3. The van der Waals surface area contributed by atoms with Crippen LogP contribution >= 0.6 is 23.4 Å². The van der Waals surface area contributed by atoms with Crippen LogP contribution in [-0.4, -0.2) is 76.8 Å². The summed E-state index contributed by atoms with van der Waals surface area (Å²) in [4.78, 5) is 44.9. The third-order valence-electron chi connectivity index (χ3n) is 5.86. The van der Waals surface area contributed by atoms with E-state index in [2.05, 4.69) is 30.8 Å². The van der Waals surface area contributed by atoms with Gasteiger partial charge in [-0.2, -0.15) is 18.2 Å². The predicted molar refractivity (Wildman–Crippen MR) is 156 cm³/mol. The molecular weight excluding hydrogens is 597 g/mol. The van der Waals surface area contributed by atoms with E-state index in [1.807, 2.05) is 36.4 Å². The van der Waals surface area contributed by atoms with Crippen molar-refractivity contribution < 1.29 is 32.7 Å². The van der Waals surface area contributed by atoms with Crippen molar-refractivity contribution in [1.82, 2.24) is 15.2 Å². The van der Waals surface area contributed by atoms with Crippen LogP contribution in [0, 0.1) is 0 Å². The molecular formula is C27H24ClF3N6O4S. The molecule has 0 spiro atoms. The maximum atomic E-state index is 12.5. The van der Waals surface area contributed by atoms with E-state index >= 15 is 0 Å². The number of aliphatic carboxylic acids is 1. The number of fused-ring (bicyclic) bond motifs is 1. The number of carboxylic acids is 1. The number of aromatic nitrogens is 1. The van der Waals surface area contributed by atoms with Gasteiger partial charge in [0, 0.05) is 43.4 Å². The van der Waals surface area contributed by atoms with Crippen molar-refractivity contribution >= 4 is 74.7 Å². The van der Waals surface area contributed by atoms with E-state index in [1.54, 1.807) is 24.4 Å². The number of hydrogen-bond donors (Lipinski definition) is 4. The number of amides is 2. The highest BCUT2D eigenvalue weighted by Gasteiger charge is 2.38. The molecule has 0 bridgehead atoms. The average Bonchev–Trinajstić information content (AvgIpc) is 3.28. The highest BCUT2D eigenvalue weighted by molar-refractivity contribution is 8.18. The summed E-state index contributed by atoms with van der Waals surface area (Å²) >= 11 is 7.61. The minimum absolute atomic E-state index is 0.0845. The molecule has 1 fully saturated rings. The summed E-state index contributed by atoms with van der Waals surface area (Å²) in [7, 11) is 0. The molecule has 5 rings (SSSR count). The first-order valence-corrected chi connectivity index (χ1v) is 13.6. The zero-order valence-electron chi connectivity index (χ0n) is 21.7. The number of benzene rings is 2. The van der Waals surface area contributed by atoms with E-state index in [0.29, 0.717) is 33.0 Å². The lowest BCUT2D eigenvalue weighted by atomic mass is 10.1. The highest BCUT2D eigenvalue weighted by atomic mass is 35.5. The number of rotatable bonds is 5. The molecule has 0 saturated carbocycles. The summed E-state index contributed by atoms with van der Waals surface area (Å²) in [6.07, 6.45) is -1.52. The Morgan fingerprint density at radius 2 is 1.88 bits per heavy atom. The van der Waals surface area contributed by atoms with Crippen LogP contribution in [-0.2, 0) is 14.4 Å². The Hall–Kier alpha value is -3.98. The number of halogens is 4. The number of pyridine rings is 1. The van der Waals surface area contributed by atoms with Crippen molar-refractivity contribution in [2.45, 2.75) is 6.18 Å². The van der Waals surface area contributed by atoms with Crippen molar-refractivity contribution in [3.05, 3.63) is 70.2 Å². The number of piperazine rings is 1. The lowest BCUT2D eigenvalue weighted by Gasteiger charge is -2.26. The van der Waals surface area contributed by atoms with Crippen LogP contribution in [0.5, 0.6) is 0 Å². The van der Waals surface area contributed by atoms with Crippen LogP contribution in [0.15, 0.2) is 64.6 Å². The molecule has 0 radical (unpaired) electrons. The van der Waals surface area contributed by atoms with Gasteiger partial charge in [-0.1, -0.05) is 23.7 Å². The topological polar surface area (TPSA) is 136 Å². The van der Waals surface area contributed by atoms with Gasteiger partial charge in [-0.3, -0.25) is 19.5 Å². The smallest absolute Gasteiger partial charge is 0.475 e. The van der Waals surface area contributed by atoms with Gasteiger partial charge in [0.15, 0.2) is 5.17 Å². The molecule has 2 aliphatic rings. The van der Waals surface area contributed by atoms with Crippen LogP contribution in [0.25, 0.3) is 17.0 Å². The number of hydrogen-bond acceptors (Lipinski definition) is 8. The fraction of sp³-hybridized carbons (Fsp3) is 0.222. The van der Waals surface area contributed by atoms with Crippen molar-refractivity contribution in [3.63, 3.8) is 0 Å². The molecule has 2 aliphatic heterocycles. The van der Waals surface area contributed by atoms with Gasteiger partial charge in [0.2, 0.25) is 5.91 Å². The molecule has 4 N–H and O–H groups in total. The molecule has 3 heterocycles. The fourth-order valence-electron chi connectivity index (χ4n) is 3.88. The normalized spacial score (nSPS) is 16.5. The van der Waals surface area contributed by atoms with Crippen LogP contribution in [0.1, 0.15) is 5.56 Å². The van der Waals surface area contributed by atoms with Gasteiger partial charge in [0.1, 0.15) is 0 Å². The Bertz CT molecular complexity index is 1560. The van der Waals surface area contributed by atoms with Gasteiger partial charge < -0.3 is 21.1 Å². The molecule has 2 aromatic carbocycles. The Balaban J connectivity index is 0.000000517. The van der Waals surface area contributed by atoms with E-state index in [4.69, 9.17) is 21.5 Å². The van der Waals surface area contributed by atoms with Crippen molar-refractivity contribution in [1.29, 1.82) is 0 Å². The number of alkyl halides is 3. The van der Waals surface area contributed by atoms with Crippen molar-refractivity contribution in [2.24, 2.45) is 4.99 Å². The number of carboxylic acid groups (broad SMARTS) is 1. The van der Waals surface area contributed by atoms with E-state index in [9.17, 15) is 22.8 Å². The summed E-state index contributed by atoms with van der Waals surface area (Å²) in [5, 5.41) is 18.3. The Labute approximate surface area is 247 Å². The molecule has 0 unspecified atom stereocenters. The van der Waals surface area contributed by atoms with Crippen molar-refractivity contribution in [2.75, 3.05) is 43.4 Å². The number of amidine groups is 1. The summed E-state index contributed by atoms with van der Waals surface area (Å²) in [6.45, 7) is 3.80. The van der Waals surface area contributed by atoms with Crippen molar-refractivity contribution in [3.8, 4) is 0 Å². The van der Waals surface area contributed by atoms with E-state index in [1.165, 1.54) is 11.8 Å². The summed E-state index contributed by atoms with van der Waals surface area (Å²) in [5.41, 5.74) is 2.97. The third kappa shape index (κ3) is 8.76. The monoisotopic (exact) mass is 620 g/mol. The summed E-state index contributed by atoms with van der Waals surface area (Å²) in [6, 6.07) is 14.9. The van der Waals surface area contributed by atoms with Gasteiger partial charge in [-0.15, -0.1) is 0 Å². The number of carbonyl (C=O) groups excluding carboxylic acids is 2. The molecule has 0 aliphatic carbocycles. The number of anilines is 2. The minimum atomic E-state index is -5.08. The summed E-state index contributed by atoms with van der Waals surface area (Å²) < 4.78 is 31.7. The standard InChI is InChI=1S/C25H23ClN6O2S.C2HF3O2/c26-19-5-4-18(29-23(33)15-32-10-8-27-9-11-32)14-21(19)30-25-31-24(34)22(35-25)13-16-3-6-20-17(12-16)2-1-7-28-20;3-2(4,5)1(6)7/h1-7,12-14,27H,8-11,15H2,(H,29,33)(H,30,31,34);(H,6,7)/b22-13-;. The average molecular weight is 621 g/mol. The van der Waals surface area contributed by atoms with Gasteiger partial charge in [-0.25, -0.2) is 4.79 Å². The molecule has 1 aromatic heterocycles. The first-order valence-electron chi connectivity index (χ1n) is 12.4. The van der Waals surface area contributed by atoms with E-state index in [-0.39, 0.29) is 11.8 Å². The zero-order chi connectivity index (χ0) is 30.3. The predicted octanol–water partition coefficient (Wildman–Crippen LogP) is 4.45. The van der Waals surface area contributed by atoms with Gasteiger partial charge >= 0.3 is 12.1 Å². The molecule has 220 valence electrons. The van der Waals surface area contributed by atoms with Crippen LogP contribution in [0.4, 0.5) is 24.5 Å². The second-order valence-electron chi connectivity index (χ2n) is 8.99. The highest BCUT2D eigenvalue weighted by Crippen LogP contribution is 2.32. The molecule has 2 amide bonds. The number of thioether (sulfide) groups is 1. The van der Waals surface area contributed by atoms with Crippen LogP contribution < -0.4 is 16.0 Å². The largest absolute Gasteiger partial charge is 0.490 e. The lowest BCUT2D eigenvalue weighted by Crippen LogP contribution is -2.46. The number of nitrogens with zero attached hydrogens (tertiary/aromatic N) is 3. The maximum absolute atomic E-state index is 12.5. The second-order valence-corrected chi connectivity index (χ2v) is 10.4. The SMILES string of the molecule is O=C(CN1CCNCC1)Nc1ccc(Cl)c(NC2=NC(=O)/C(=C/c3ccc4ncccc4c3)S2)c1.O=C(O)C(F)(F)F. The molecule has 1 saturated heterocycles. The molecule has 15 heteroatoms. The number of aliphatic imine (C=N–C) groups is 1. The lowest BCUT2D eigenvalue weighted by molar-refractivity contribution is -0.192. The second kappa shape index (κ2) is 13.8. The number of nitrogens with one attached hydrogen (secondary N) is 3. The summed E-state index contributed by atoms with van der Waals surface area (Å²) in [5.74, 6) is -3.16. The van der Waals surface area contributed by atoms with Crippen LogP contribution in [0.2, 0.25) is 5.02 Å². The quantitative estimate of drug-likeness (QED) is 0.305. The molecule has 3 aromatic rings. The molecule has 0 atom stereocenters. The molecule has 42 heavy (non-hydrogen) atoms. The van der Waals surface area contributed by atoms with Gasteiger partial charge in [0.25, 0.3) is 5.91 Å². The number of carbonyl (C=O) groups is 3. The first-order chi connectivity index (χ1) is 20.0. The maximum Gasteiger partial charge on any atom is 0.490 e. The van der Waals surface area contributed by atoms with E-state index in [0.717, 1.165) is 42.6 Å². The Kier molecular flexibility index (Phi) is 10.2. The van der Waals surface area contributed by atoms with Gasteiger partial charge in [-0.05, 0) is 59.8 Å². The van der Waals surface area contributed by atoms with Crippen LogP contribution in [0.3, 0.4) is 0 Å². The molecule has 10 nitrogen and oxygen atoms in total. The van der Waals surface area contributed by atoms with E-state index < -0.39 is 12.1 Å². The third-order valence-corrected chi connectivity index (χ3v) is 7.09. The Morgan fingerprint density at radius 3 is 2.60 bits per heavy atom.